The Morgan fingerprint density at radius 2 is 2.00 bits per heavy atom. The first-order valence-electron chi connectivity index (χ1n) is 5.27. The molecule has 0 aromatic heterocycles. The van der Waals surface area contributed by atoms with Crippen molar-refractivity contribution in [3.05, 3.63) is 32.1 Å². The number of sulfonamides is 1. The van der Waals surface area contributed by atoms with Crippen LogP contribution in [0.5, 0.6) is 0 Å². The molecule has 0 radical (unpaired) electrons. The zero-order valence-electron chi connectivity index (χ0n) is 10.2. The van der Waals surface area contributed by atoms with E-state index >= 15 is 0 Å². The van der Waals surface area contributed by atoms with Crippen molar-refractivity contribution in [2.75, 3.05) is 18.9 Å². The quantitative estimate of drug-likeness (QED) is 0.330. The van der Waals surface area contributed by atoms with E-state index in [0.717, 1.165) is 0 Å². The predicted molar refractivity (Wildman–Crippen MR) is 77.1 cm³/mol. The molecule has 0 aliphatic carbocycles. The molecular weight excluding hydrogens is 428 g/mol. The summed E-state index contributed by atoms with van der Waals surface area (Å²) in [4.78, 5) is 11.5. The Labute approximate surface area is 132 Å². The molecule has 0 bridgehead atoms. The van der Waals surface area contributed by atoms with Crippen molar-refractivity contribution in [3.63, 3.8) is 0 Å². The number of alkyl halides is 3. The number of rotatable bonds is 5. The fourth-order valence-electron chi connectivity index (χ4n) is 1.11. The summed E-state index contributed by atoms with van der Waals surface area (Å²) >= 11 is 1.89. The number of hydrogen-bond donors (Lipinski definition) is 1. The maximum atomic E-state index is 12.0. The van der Waals surface area contributed by atoms with Crippen molar-refractivity contribution in [2.45, 2.75) is 5.51 Å². The minimum atomic E-state index is -5.56. The van der Waals surface area contributed by atoms with E-state index in [1.165, 1.54) is 18.2 Å². The fraction of sp³-hybridized carbons (Fsp3) is 0.300. The number of anilines is 1. The molecule has 6 nitrogen and oxygen atoms in total. The molecule has 21 heavy (non-hydrogen) atoms. The topological polar surface area (TPSA) is 101 Å². The Balaban J connectivity index is 2.50. The molecule has 1 rings (SSSR count). The van der Waals surface area contributed by atoms with Gasteiger partial charge in [-0.05, 0) is 40.8 Å². The Morgan fingerprint density at radius 3 is 2.52 bits per heavy atom. The Bertz CT molecular complexity index is 634. The number of halogens is 4. The highest BCUT2D eigenvalue weighted by molar-refractivity contribution is 14.1. The monoisotopic (exact) mass is 437 g/mol. The van der Waals surface area contributed by atoms with Gasteiger partial charge in [-0.1, -0.05) is 0 Å². The minimum Gasteiger partial charge on any atom is -0.538 e. The maximum Gasteiger partial charge on any atom is 0.480 e. The van der Waals surface area contributed by atoms with Crippen LogP contribution in [0.1, 0.15) is 10.4 Å². The largest absolute Gasteiger partial charge is 0.538 e. The summed E-state index contributed by atoms with van der Waals surface area (Å²) in [6, 6.07) is 4.28. The molecule has 0 atom stereocenters. The summed E-state index contributed by atoms with van der Waals surface area (Å²) in [5.74, 6) is -0.812. The molecule has 1 aromatic rings. The first-order valence-corrected chi connectivity index (χ1v) is 7.78. The van der Waals surface area contributed by atoms with E-state index in [9.17, 15) is 26.4 Å². The lowest BCUT2D eigenvalue weighted by Crippen LogP contribution is -2.23. The van der Waals surface area contributed by atoms with E-state index < -0.39 is 34.7 Å². The van der Waals surface area contributed by atoms with Gasteiger partial charge in [-0.3, -0.25) is 0 Å². The second-order valence-electron chi connectivity index (χ2n) is 3.65. The molecule has 11 heteroatoms. The van der Waals surface area contributed by atoms with Crippen LogP contribution in [0.2, 0.25) is 0 Å². The molecular formula is C10H9F3IN2O4S-. The van der Waals surface area contributed by atoms with Crippen LogP contribution in [-0.4, -0.2) is 33.0 Å². The third kappa shape index (κ3) is 5.00. The highest BCUT2D eigenvalue weighted by Crippen LogP contribution is 2.27. The third-order valence-corrected chi connectivity index (χ3v) is 4.16. The molecule has 1 aromatic carbocycles. The molecule has 0 heterocycles. The summed E-state index contributed by atoms with van der Waals surface area (Å²) in [5, 5.41) is 0. The van der Waals surface area contributed by atoms with Crippen molar-refractivity contribution < 1.29 is 31.1 Å². The van der Waals surface area contributed by atoms with Crippen LogP contribution in [0.15, 0.2) is 18.2 Å². The van der Waals surface area contributed by atoms with Gasteiger partial charge in [0.2, 0.25) is 0 Å². The van der Waals surface area contributed by atoms with E-state index in [1.807, 2.05) is 22.6 Å². The van der Waals surface area contributed by atoms with Gasteiger partial charge in [0, 0.05) is 9.26 Å². The summed E-state index contributed by atoms with van der Waals surface area (Å²) in [6.07, 6.45) is 0. The average Bonchev–Trinajstić information content (AvgIpc) is 2.36. The summed E-state index contributed by atoms with van der Waals surface area (Å²) in [5.41, 5.74) is 0.699. The van der Waals surface area contributed by atoms with Crippen LogP contribution < -0.4 is 5.73 Å². The van der Waals surface area contributed by atoms with Gasteiger partial charge in [0.05, 0.1) is 12.2 Å². The van der Waals surface area contributed by atoms with Crippen LogP contribution in [0.4, 0.5) is 18.9 Å². The number of esters is 1. The molecule has 2 N–H and O–H groups in total. The van der Waals surface area contributed by atoms with E-state index in [0.29, 0.717) is 9.26 Å². The predicted octanol–water partition coefficient (Wildman–Crippen LogP) is 2.25. The number of carbonyl (C=O) groups is 1. The number of benzene rings is 1. The maximum absolute atomic E-state index is 12.0. The molecule has 0 aliphatic rings. The van der Waals surface area contributed by atoms with Crippen molar-refractivity contribution in [3.8, 4) is 0 Å². The number of nitrogens with two attached hydrogens (primary N) is 1. The van der Waals surface area contributed by atoms with Gasteiger partial charge < -0.3 is 15.2 Å². The van der Waals surface area contributed by atoms with Gasteiger partial charge >= 0.3 is 11.5 Å². The van der Waals surface area contributed by atoms with Crippen molar-refractivity contribution >= 4 is 44.3 Å². The van der Waals surface area contributed by atoms with Crippen molar-refractivity contribution in [1.82, 2.24) is 0 Å². The second-order valence-corrected chi connectivity index (χ2v) is 6.48. The molecule has 0 fully saturated rings. The molecule has 0 aliphatic heterocycles. The smallest absolute Gasteiger partial charge is 0.480 e. The first kappa shape index (κ1) is 18.0. The zero-order chi connectivity index (χ0) is 16.3. The van der Waals surface area contributed by atoms with E-state index in [-0.39, 0.29) is 5.56 Å². The first-order chi connectivity index (χ1) is 9.54. The lowest BCUT2D eigenvalue weighted by atomic mass is 10.2. The van der Waals surface area contributed by atoms with Crippen LogP contribution in [-0.2, 0) is 14.8 Å². The van der Waals surface area contributed by atoms with Crippen LogP contribution in [0, 0.1) is 3.57 Å². The SMILES string of the molecule is Nc1ccc(C(=O)OCC[N-]S(=O)(=O)C(F)(F)F)cc1I. The van der Waals surface area contributed by atoms with E-state index in [1.54, 1.807) is 0 Å². The van der Waals surface area contributed by atoms with E-state index in [2.05, 4.69) is 9.46 Å². The highest BCUT2D eigenvalue weighted by atomic mass is 127. The summed E-state index contributed by atoms with van der Waals surface area (Å²) < 4.78 is 64.8. The van der Waals surface area contributed by atoms with Gasteiger partial charge in [-0.15, -0.1) is 6.54 Å². The fourth-order valence-corrected chi connectivity index (χ4v) is 2.08. The van der Waals surface area contributed by atoms with Gasteiger partial charge in [-0.25, -0.2) is 13.2 Å². The number of ether oxygens (including phenoxy) is 1. The standard InChI is InChI=1S/C10H9F3IN2O4S/c11-10(12,13)21(18,19)16-3-4-20-9(17)6-1-2-8(15)7(14)5-6/h1-2,5H,3-4H2,(H2,15,17)/q-1. The lowest BCUT2D eigenvalue weighted by molar-refractivity contribution is -0.0427. The Hall–Kier alpha value is -1.08. The Morgan fingerprint density at radius 1 is 1.38 bits per heavy atom. The number of nitrogen functional groups attached to an aromatic ring is 1. The molecule has 0 amide bonds. The van der Waals surface area contributed by atoms with Crippen LogP contribution in [0.3, 0.4) is 0 Å². The molecule has 0 unspecified atom stereocenters. The lowest BCUT2D eigenvalue weighted by Gasteiger charge is -2.21. The zero-order valence-corrected chi connectivity index (χ0v) is 13.2. The minimum absolute atomic E-state index is 0.146. The number of hydrogen-bond acceptors (Lipinski definition) is 5. The molecule has 0 spiro atoms. The van der Waals surface area contributed by atoms with Crippen molar-refractivity contribution in [1.29, 1.82) is 0 Å². The van der Waals surface area contributed by atoms with Gasteiger partial charge in [0.25, 0.3) is 0 Å². The highest BCUT2D eigenvalue weighted by Gasteiger charge is 2.38. The third-order valence-electron chi connectivity index (χ3n) is 2.11. The number of nitrogens with zero attached hydrogens (tertiary/aromatic N) is 1. The van der Waals surface area contributed by atoms with Gasteiger partial charge in [-0.2, -0.15) is 13.2 Å². The van der Waals surface area contributed by atoms with Gasteiger partial charge in [0.1, 0.15) is 0 Å². The van der Waals surface area contributed by atoms with E-state index in [4.69, 9.17) is 5.73 Å². The van der Waals surface area contributed by atoms with Crippen molar-refractivity contribution in [2.24, 2.45) is 0 Å². The second kappa shape index (κ2) is 6.79. The normalized spacial score (nSPS) is 12.2. The molecule has 118 valence electrons. The van der Waals surface area contributed by atoms with Crippen LogP contribution >= 0.6 is 22.6 Å². The van der Waals surface area contributed by atoms with Gasteiger partial charge in [0.15, 0.2) is 10.0 Å². The average molecular weight is 437 g/mol. The summed E-state index contributed by atoms with van der Waals surface area (Å²) in [7, 11) is -5.56. The van der Waals surface area contributed by atoms with Crippen LogP contribution in [0.25, 0.3) is 4.72 Å². The summed E-state index contributed by atoms with van der Waals surface area (Å²) in [6.45, 7) is -1.39. The Kier molecular flexibility index (Phi) is 5.81. The number of carbonyl (C=O) groups excluding carboxylic acids is 1. The molecule has 0 saturated heterocycles. The molecule has 0 saturated carbocycles.